The van der Waals surface area contributed by atoms with Crippen molar-refractivity contribution >= 4 is 34.4 Å². The van der Waals surface area contributed by atoms with Crippen LogP contribution in [-0.4, -0.2) is 37.1 Å². The minimum atomic E-state index is -0.740. The van der Waals surface area contributed by atoms with E-state index >= 15 is 0 Å². The number of nitrogens with one attached hydrogen (secondary N) is 2. The second kappa shape index (κ2) is 8.59. The van der Waals surface area contributed by atoms with E-state index in [1.54, 1.807) is 12.4 Å². The maximum absolute atomic E-state index is 11.5. The highest BCUT2D eigenvalue weighted by Gasteiger charge is 2.30. The minimum absolute atomic E-state index is 0.0873. The lowest BCUT2D eigenvalue weighted by atomic mass is 9.84. The molecule has 1 fully saturated rings. The third-order valence-corrected chi connectivity index (χ3v) is 6.19. The molecule has 4 aromatic rings. The van der Waals surface area contributed by atoms with Gasteiger partial charge in [0.2, 0.25) is 0 Å². The van der Waals surface area contributed by atoms with Crippen molar-refractivity contribution in [3.05, 3.63) is 59.9 Å². The lowest BCUT2D eigenvalue weighted by Gasteiger charge is -2.29. The number of imidazole rings is 1. The second-order valence-corrected chi connectivity index (χ2v) is 8.53. The number of benzene rings is 1. The second-order valence-electron chi connectivity index (χ2n) is 8.09. The van der Waals surface area contributed by atoms with E-state index in [4.69, 9.17) is 11.6 Å². The molecule has 1 aliphatic carbocycles. The number of aromatic nitrogens is 4. The quantitative estimate of drug-likeness (QED) is 0.378. The van der Waals surface area contributed by atoms with E-state index in [1.807, 2.05) is 42.5 Å². The third kappa shape index (κ3) is 4.16. The number of carboxylic acids is 1. The normalized spacial score (nSPS) is 18.5. The van der Waals surface area contributed by atoms with Crippen molar-refractivity contribution < 1.29 is 9.90 Å². The van der Waals surface area contributed by atoms with Gasteiger partial charge in [-0.3, -0.25) is 9.78 Å². The van der Waals surface area contributed by atoms with Crippen molar-refractivity contribution in [1.29, 1.82) is 0 Å². The summed E-state index contributed by atoms with van der Waals surface area (Å²) in [6.07, 6.45) is 7.09. The first-order valence-electron chi connectivity index (χ1n) is 10.6. The summed E-state index contributed by atoms with van der Waals surface area (Å²) in [6.45, 7) is 0. The molecule has 1 aromatic carbocycles. The number of aliphatic carboxylic acids is 1. The number of hydrogen-bond acceptors (Lipinski definition) is 5. The summed E-state index contributed by atoms with van der Waals surface area (Å²) in [5, 5.41) is 13.4. The first-order valence-corrected chi connectivity index (χ1v) is 11.0. The summed E-state index contributed by atoms with van der Waals surface area (Å²) >= 11 is 6.05. The van der Waals surface area contributed by atoms with Crippen LogP contribution in [-0.2, 0) is 4.79 Å². The molecule has 162 valence electrons. The van der Waals surface area contributed by atoms with Crippen LogP contribution in [0.25, 0.3) is 33.7 Å². The number of anilines is 1. The number of hydrogen-bond donors (Lipinski definition) is 3. The molecule has 0 radical (unpaired) electrons. The maximum Gasteiger partial charge on any atom is 0.308 e. The van der Waals surface area contributed by atoms with Gasteiger partial charge in [0.1, 0.15) is 11.6 Å². The molecular weight excluding hydrogens is 426 g/mol. The molecule has 8 heteroatoms. The van der Waals surface area contributed by atoms with Crippen LogP contribution >= 0.6 is 11.6 Å². The third-order valence-electron chi connectivity index (χ3n) is 5.96. The van der Waals surface area contributed by atoms with Crippen LogP contribution in [0.15, 0.2) is 54.9 Å². The zero-order valence-corrected chi connectivity index (χ0v) is 18.0. The first kappa shape index (κ1) is 20.5. The zero-order chi connectivity index (χ0) is 22.1. The summed E-state index contributed by atoms with van der Waals surface area (Å²) in [7, 11) is 0. The van der Waals surface area contributed by atoms with E-state index in [-0.39, 0.29) is 12.0 Å². The van der Waals surface area contributed by atoms with Crippen LogP contribution in [0.4, 0.5) is 5.82 Å². The highest BCUT2D eigenvalue weighted by molar-refractivity contribution is 6.31. The molecular formula is C24H22ClN5O2. The Balaban J connectivity index is 1.31. The average Bonchev–Trinajstić information content (AvgIpc) is 3.23. The number of aromatic amines is 1. The van der Waals surface area contributed by atoms with Crippen LogP contribution in [0.2, 0.25) is 5.02 Å². The number of pyridine rings is 2. The molecule has 3 heterocycles. The van der Waals surface area contributed by atoms with Gasteiger partial charge in [0, 0.05) is 34.6 Å². The molecule has 3 aromatic heterocycles. The zero-order valence-electron chi connectivity index (χ0n) is 17.3. The fourth-order valence-corrected chi connectivity index (χ4v) is 4.42. The molecule has 0 bridgehead atoms. The van der Waals surface area contributed by atoms with Gasteiger partial charge in [-0.25, -0.2) is 9.97 Å². The molecule has 2 unspecified atom stereocenters. The maximum atomic E-state index is 11.5. The van der Waals surface area contributed by atoms with Gasteiger partial charge in [0.05, 0.1) is 22.6 Å². The Kier molecular flexibility index (Phi) is 5.49. The van der Waals surface area contributed by atoms with Gasteiger partial charge in [0.25, 0.3) is 0 Å². The number of H-pyrrole nitrogens is 1. The van der Waals surface area contributed by atoms with Gasteiger partial charge < -0.3 is 15.4 Å². The number of halogens is 1. The largest absolute Gasteiger partial charge is 0.481 e. The minimum Gasteiger partial charge on any atom is -0.481 e. The van der Waals surface area contributed by atoms with Crippen molar-refractivity contribution in [3.8, 4) is 22.6 Å². The Morgan fingerprint density at radius 2 is 1.84 bits per heavy atom. The lowest BCUT2D eigenvalue weighted by molar-refractivity contribution is -0.143. The van der Waals surface area contributed by atoms with Crippen LogP contribution in [0.1, 0.15) is 25.7 Å². The van der Waals surface area contributed by atoms with Crippen molar-refractivity contribution in [3.63, 3.8) is 0 Å². The number of carbonyl (C=O) groups is 1. The number of carboxylic acid groups (broad SMARTS) is 1. The monoisotopic (exact) mass is 447 g/mol. The molecule has 1 saturated carbocycles. The predicted octanol–water partition coefficient (Wildman–Crippen LogP) is 5.40. The van der Waals surface area contributed by atoms with Crippen LogP contribution < -0.4 is 5.32 Å². The van der Waals surface area contributed by atoms with E-state index in [0.29, 0.717) is 17.3 Å². The van der Waals surface area contributed by atoms with Gasteiger partial charge in [-0.05, 0) is 55.3 Å². The summed E-state index contributed by atoms with van der Waals surface area (Å²) in [5.74, 6) is 0.313. The van der Waals surface area contributed by atoms with E-state index < -0.39 is 5.97 Å². The summed E-state index contributed by atoms with van der Waals surface area (Å²) < 4.78 is 0. The van der Waals surface area contributed by atoms with Crippen molar-refractivity contribution in [2.24, 2.45) is 5.92 Å². The molecule has 32 heavy (non-hydrogen) atoms. The fraction of sp³-hybridized carbons (Fsp3) is 0.250. The SMILES string of the molecule is O=C(O)C1CCCCC1Nc1ccc(-c2ccc(-c3nc4ccc(Cl)cc4[nH]3)cn2)cn1. The van der Waals surface area contributed by atoms with Gasteiger partial charge in [0.15, 0.2) is 0 Å². The molecule has 0 spiro atoms. The first-order chi connectivity index (χ1) is 15.6. The van der Waals surface area contributed by atoms with Crippen molar-refractivity contribution in [2.75, 3.05) is 5.32 Å². The van der Waals surface area contributed by atoms with Gasteiger partial charge in [-0.1, -0.05) is 24.4 Å². The van der Waals surface area contributed by atoms with Gasteiger partial charge in [-0.15, -0.1) is 0 Å². The Bertz CT molecular complexity index is 1250. The van der Waals surface area contributed by atoms with Crippen molar-refractivity contribution in [2.45, 2.75) is 31.7 Å². The molecule has 5 rings (SSSR count). The molecule has 0 aliphatic heterocycles. The van der Waals surface area contributed by atoms with E-state index in [0.717, 1.165) is 52.9 Å². The van der Waals surface area contributed by atoms with E-state index in [9.17, 15) is 9.90 Å². The lowest BCUT2D eigenvalue weighted by Crippen LogP contribution is -2.37. The highest BCUT2D eigenvalue weighted by atomic mass is 35.5. The van der Waals surface area contributed by atoms with Gasteiger partial charge in [-0.2, -0.15) is 0 Å². The van der Waals surface area contributed by atoms with E-state index in [2.05, 4.69) is 25.3 Å². The fourth-order valence-electron chi connectivity index (χ4n) is 4.24. The van der Waals surface area contributed by atoms with Crippen LogP contribution in [0, 0.1) is 5.92 Å². The Morgan fingerprint density at radius 3 is 2.59 bits per heavy atom. The molecule has 1 aliphatic rings. The molecule has 0 saturated heterocycles. The summed E-state index contributed by atoms with van der Waals surface area (Å²) in [5.41, 5.74) is 4.30. The smallest absolute Gasteiger partial charge is 0.308 e. The molecule has 2 atom stereocenters. The summed E-state index contributed by atoms with van der Waals surface area (Å²) in [4.78, 5) is 28.4. The Morgan fingerprint density at radius 1 is 1.03 bits per heavy atom. The standard InChI is InChI=1S/C24H22ClN5O2/c25-16-7-9-20-21(11-16)30-23(29-20)15-5-8-18(26-13-15)14-6-10-22(27-12-14)28-19-4-2-1-3-17(19)24(31)32/h5-13,17,19H,1-4H2,(H,27,28)(H,29,30)(H,31,32). The number of fused-ring (bicyclic) bond motifs is 1. The number of rotatable bonds is 5. The summed E-state index contributed by atoms with van der Waals surface area (Å²) in [6, 6.07) is 13.2. The van der Waals surface area contributed by atoms with Crippen LogP contribution in [0.5, 0.6) is 0 Å². The Labute approximate surface area is 189 Å². The highest BCUT2D eigenvalue weighted by Crippen LogP contribution is 2.28. The molecule has 3 N–H and O–H groups in total. The topological polar surface area (TPSA) is 104 Å². The van der Waals surface area contributed by atoms with E-state index in [1.165, 1.54) is 0 Å². The van der Waals surface area contributed by atoms with Crippen molar-refractivity contribution in [1.82, 2.24) is 19.9 Å². The van der Waals surface area contributed by atoms with Crippen LogP contribution in [0.3, 0.4) is 0 Å². The molecule has 7 nitrogen and oxygen atoms in total. The average molecular weight is 448 g/mol. The molecule has 0 amide bonds. The number of nitrogens with zero attached hydrogens (tertiary/aromatic N) is 3. The predicted molar refractivity (Wildman–Crippen MR) is 125 cm³/mol. The van der Waals surface area contributed by atoms with Gasteiger partial charge >= 0.3 is 5.97 Å². The Hall–Kier alpha value is -3.45.